The van der Waals surface area contributed by atoms with Crippen molar-refractivity contribution >= 4 is 11.9 Å². The molecule has 0 aromatic carbocycles. The molecule has 0 aliphatic carbocycles. The summed E-state index contributed by atoms with van der Waals surface area (Å²) in [5, 5.41) is 2.79. The molecule has 0 rings (SSSR count). The van der Waals surface area contributed by atoms with Crippen LogP contribution in [0.15, 0.2) is 9.98 Å². The van der Waals surface area contributed by atoms with Gasteiger partial charge in [0, 0.05) is 7.05 Å². The number of hydrogen-bond acceptors (Lipinski definition) is 1. The van der Waals surface area contributed by atoms with Gasteiger partial charge in [0.1, 0.15) is 0 Å². The van der Waals surface area contributed by atoms with E-state index < -0.39 is 0 Å². The van der Waals surface area contributed by atoms with Gasteiger partial charge in [-0.25, -0.2) is 4.99 Å². The zero-order valence-corrected chi connectivity index (χ0v) is 8.05. The predicted octanol–water partition coefficient (Wildman–Crippen LogP) is -0.366. The van der Waals surface area contributed by atoms with Gasteiger partial charge in [0.15, 0.2) is 5.96 Å². The van der Waals surface area contributed by atoms with Gasteiger partial charge in [-0.05, 0) is 20.8 Å². The van der Waals surface area contributed by atoms with Gasteiger partial charge in [-0.1, -0.05) is 0 Å². The number of rotatable bonds is 0. The van der Waals surface area contributed by atoms with E-state index in [2.05, 4.69) is 15.3 Å². The SMILES string of the molecule is CNC(N=C(N)N)=NC(C)(C)C. The molecule has 0 amide bonds. The quantitative estimate of drug-likeness (QED) is 0.343. The van der Waals surface area contributed by atoms with Crippen molar-refractivity contribution in [2.24, 2.45) is 21.5 Å². The summed E-state index contributed by atoms with van der Waals surface area (Å²) in [6.45, 7) is 5.89. The normalized spacial score (nSPS) is 12.5. The maximum Gasteiger partial charge on any atom is 0.221 e. The first kappa shape index (κ1) is 10.7. The standard InChI is InChI=1S/C7H17N5/c1-7(2,3)12-6(10-4)11-5(8)9/h1-4H3,(H5,8,9,10,11,12). The Hall–Kier alpha value is -1.26. The molecular formula is C7H17N5. The molecule has 0 aliphatic rings. The molecule has 0 aromatic heterocycles. The Balaban J connectivity index is 4.56. The van der Waals surface area contributed by atoms with Crippen LogP contribution >= 0.6 is 0 Å². The average molecular weight is 171 g/mol. The van der Waals surface area contributed by atoms with E-state index in [1.165, 1.54) is 0 Å². The number of nitrogens with one attached hydrogen (secondary N) is 1. The maximum atomic E-state index is 5.19. The fourth-order valence-corrected chi connectivity index (χ4v) is 0.577. The highest BCUT2D eigenvalue weighted by molar-refractivity contribution is 5.93. The Labute approximate surface area is 72.9 Å². The van der Waals surface area contributed by atoms with Crippen LogP contribution in [0.3, 0.4) is 0 Å². The van der Waals surface area contributed by atoms with Gasteiger partial charge in [0.2, 0.25) is 5.96 Å². The number of nitrogens with zero attached hydrogens (tertiary/aromatic N) is 2. The maximum absolute atomic E-state index is 5.19. The largest absolute Gasteiger partial charge is 0.370 e. The van der Waals surface area contributed by atoms with Crippen LogP contribution in [0.1, 0.15) is 20.8 Å². The number of guanidine groups is 2. The van der Waals surface area contributed by atoms with Crippen LogP contribution in [0, 0.1) is 0 Å². The van der Waals surface area contributed by atoms with E-state index in [1.807, 2.05) is 20.8 Å². The Morgan fingerprint density at radius 3 is 2.00 bits per heavy atom. The summed E-state index contributed by atoms with van der Waals surface area (Å²) < 4.78 is 0. The van der Waals surface area contributed by atoms with Crippen molar-refractivity contribution in [3.63, 3.8) is 0 Å². The van der Waals surface area contributed by atoms with Gasteiger partial charge in [-0.3, -0.25) is 0 Å². The minimum Gasteiger partial charge on any atom is -0.370 e. The fourth-order valence-electron chi connectivity index (χ4n) is 0.577. The molecule has 0 unspecified atom stereocenters. The molecule has 0 heterocycles. The van der Waals surface area contributed by atoms with Crippen molar-refractivity contribution in [1.29, 1.82) is 0 Å². The zero-order valence-electron chi connectivity index (χ0n) is 8.05. The molecule has 12 heavy (non-hydrogen) atoms. The lowest BCUT2D eigenvalue weighted by Crippen LogP contribution is -2.29. The number of aliphatic imine (C=N–C) groups is 2. The zero-order chi connectivity index (χ0) is 9.78. The molecule has 0 aromatic rings. The highest BCUT2D eigenvalue weighted by Crippen LogP contribution is 2.05. The molecule has 5 heteroatoms. The van der Waals surface area contributed by atoms with Crippen molar-refractivity contribution in [2.45, 2.75) is 26.3 Å². The van der Waals surface area contributed by atoms with E-state index in [0.717, 1.165) is 0 Å². The lowest BCUT2D eigenvalue weighted by Gasteiger charge is -2.13. The third kappa shape index (κ3) is 5.52. The topological polar surface area (TPSA) is 88.8 Å². The number of hydrogen-bond donors (Lipinski definition) is 3. The molecule has 5 nitrogen and oxygen atoms in total. The van der Waals surface area contributed by atoms with Crippen molar-refractivity contribution in [3.8, 4) is 0 Å². The minimum absolute atomic E-state index is 0.00681. The molecule has 0 saturated heterocycles. The highest BCUT2D eigenvalue weighted by Gasteiger charge is 2.08. The second kappa shape index (κ2) is 3.94. The molecule has 0 saturated carbocycles. The van der Waals surface area contributed by atoms with E-state index >= 15 is 0 Å². The van der Waals surface area contributed by atoms with E-state index in [0.29, 0.717) is 5.96 Å². The van der Waals surface area contributed by atoms with Crippen molar-refractivity contribution in [2.75, 3.05) is 7.05 Å². The summed E-state index contributed by atoms with van der Waals surface area (Å²) >= 11 is 0. The molecule has 0 atom stereocenters. The Morgan fingerprint density at radius 2 is 1.75 bits per heavy atom. The summed E-state index contributed by atoms with van der Waals surface area (Å²) in [5.74, 6) is 0.454. The monoisotopic (exact) mass is 171 g/mol. The first-order valence-electron chi connectivity index (χ1n) is 3.72. The highest BCUT2D eigenvalue weighted by atomic mass is 15.2. The smallest absolute Gasteiger partial charge is 0.221 e. The van der Waals surface area contributed by atoms with Gasteiger partial charge in [-0.2, -0.15) is 4.99 Å². The molecule has 5 N–H and O–H groups in total. The van der Waals surface area contributed by atoms with E-state index in [4.69, 9.17) is 11.5 Å². The molecular weight excluding hydrogens is 154 g/mol. The third-order valence-electron chi connectivity index (χ3n) is 0.900. The average Bonchev–Trinajstić information content (AvgIpc) is 1.82. The van der Waals surface area contributed by atoms with Crippen LogP contribution < -0.4 is 16.8 Å². The molecule has 0 spiro atoms. The van der Waals surface area contributed by atoms with E-state index in [1.54, 1.807) is 7.05 Å². The van der Waals surface area contributed by atoms with Crippen molar-refractivity contribution in [3.05, 3.63) is 0 Å². The summed E-state index contributed by atoms with van der Waals surface area (Å²) in [7, 11) is 1.72. The van der Waals surface area contributed by atoms with Crippen molar-refractivity contribution < 1.29 is 0 Å². The van der Waals surface area contributed by atoms with Crippen LogP contribution in [-0.4, -0.2) is 24.5 Å². The molecule has 0 bridgehead atoms. The summed E-state index contributed by atoms with van der Waals surface area (Å²) in [6.07, 6.45) is 0. The minimum atomic E-state index is -0.183. The third-order valence-corrected chi connectivity index (χ3v) is 0.900. The van der Waals surface area contributed by atoms with Gasteiger partial charge in [0.05, 0.1) is 5.54 Å². The fraction of sp³-hybridized carbons (Fsp3) is 0.714. The molecule has 0 radical (unpaired) electrons. The van der Waals surface area contributed by atoms with E-state index in [9.17, 15) is 0 Å². The lowest BCUT2D eigenvalue weighted by atomic mass is 10.1. The Bertz CT molecular complexity index is 194. The van der Waals surface area contributed by atoms with Crippen LogP contribution in [0.4, 0.5) is 0 Å². The Morgan fingerprint density at radius 1 is 1.25 bits per heavy atom. The van der Waals surface area contributed by atoms with Gasteiger partial charge in [0.25, 0.3) is 0 Å². The Kier molecular flexibility index (Phi) is 3.53. The summed E-state index contributed by atoms with van der Waals surface area (Å²) in [5.41, 5.74) is 10.2. The lowest BCUT2D eigenvalue weighted by molar-refractivity contribution is 0.580. The molecule has 0 fully saturated rings. The van der Waals surface area contributed by atoms with Gasteiger partial charge < -0.3 is 16.8 Å². The molecule has 70 valence electrons. The van der Waals surface area contributed by atoms with Gasteiger partial charge >= 0.3 is 0 Å². The second-order valence-electron chi connectivity index (χ2n) is 3.39. The van der Waals surface area contributed by atoms with E-state index in [-0.39, 0.29) is 11.5 Å². The second-order valence-corrected chi connectivity index (χ2v) is 3.39. The predicted molar refractivity (Wildman–Crippen MR) is 52.1 cm³/mol. The van der Waals surface area contributed by atoms with Crippen LogP contribution in [0.5, 0.6) is 0 Å². The first-order valence-corrected chi connectivity index (χ1v) is 3.72. The van der Waals surface area contributed by atoms with Crippen LogP contribution in [0.25, 0.3) is 0 Å². The molecule has 0 aliphatic heterocycles. The number of nitrogens with two attached hydrogens (primary N) is 2. The van der Waals surface area contributed by atoms with Crippen molar-refractivity contribution in [1.82, 2.24) is 5.32 Å². The summed E-state index contributed by atoms with van der Waals surface area (Å²) in [4.78, 5) is 8.02. The van der Waals surface area contributed by atoms with Gasteiger partial charge in [-0.15, -0.1) is 0 Å². The van der Waals surface area contributed by atoms with Crippen LogP contribution in [-0.2, 0) is 0 Å². The van der Waals surface area contributed by atoms with Crippen LogP contribution in [0.2, 0.25) is 0 Å². The first-order chi connectivity index (χ1) is 5.35. The summed E-state index contributed by atoms with van der Waals surface area (Å²) in [6, 6.07) is 0.